The summed E-state index contributed by atoms with van der Waals surface area (Å²) in [6.07, 6.45) is 1.85. The van der Waals surface area contributed by atoms with Crippen LogP contribution in [0, 0.1) is 16.7 Å². The largest absolute Gasteiger partial charge is 0.369 e. The average Bonchev–Trinajstić information content (AvgIpc) is 2.79. The van der Waals surface area contributed by atoms with E-state index >= 15 is 0 Å². The van der Waals surface area contributed by atoms with Gasteiger partial charge in [0.1, 0.15) is 5.82 Å². The minimum atomic E-state index is -0.394. The van der Waals surface area contributed by atoms with Crippen molar-refractivity contribution in [1.82, 2.24) is 14.0 Å². The first kappa shape index (κ1) is 29.2. The molecule has 1 aliphatic rings. The van der Waals surface area contributed by atoms with Crippen molar-refractivity contribution in [2.24, 2.45) is 29.2 Å². The first-order valence-corrected chi connectivity index (χ1v) is 10.7. The molecule has 1 aliphatic heterocycles. The summed E-state index contributed by atoms with van der Waals surface area (Å²) >= 11 is 0. The van der Waals surface area contributed by atoms with Crippen LogP contribution in [-0.2, 0) is 13.6 Å². The monoisotopic (exact) mass is 504 g/mol. The molecule has 0 aliphatic carbocycles. The van der Waals surface area contributed by atoms with Gasteiger partial charge in [-0.05, 0) is 24.5 Å². The smallest absolute Gasteiger partial charge is 0.332 e. The second-order valence-electron chi connectivity index (χ2n) is 8.14. The van der Waals surface area contributed by atoms with Gasteiger partial charge in [0, 0.05) is 46.3 Å². The molecule has 1 atom stereocenters. The number of aliphatic imine (C=N–C) groups is 1. The van der Waals surface area contributed by atoms with Gasteiger partial charge in [0.2, 0.25) is 5.96 Å². The number of halogens is 1. The highest BCUT2D eigenvalue weighted by atomic mass is 35.5. The van der Waals surface area contributed by atoms with Crippen LogP contribution in [0.15, 0.2) is 44.9 Å². The Morgan fingerprint density at radius 2 is 1.94 bits per heavy atom. The molecular formula is C22H33ClN10O2. The van der Waals surface area contributed by atoms with Crippen LogP contribution < -0.4 is 33.3 Å². The molecule has 2 aromatic rings. The molecule has 0 amide bonds. The molecule has 0 bridgehead atoms. The third-order valence-corrected chi connectivity index (χ3v) is 5.32. The summed E-state index contributed by atoms with van der Waals surface area (Å²) in [5.74, 6) is 0.527. The van der Waals surface area contributed by atoms with Crippen molar-refractivity contribution >= 4 is 30.1 Å². The van der Waals surface area contributed by atoms with E-state index in [4.69, 9.17) is 22.6 Å². The number of nitriles is 1. The molecule has 1 fully saturated rings. The van der Waals surface area contributed by atoms with Crippen LogP contribution in [0.25, 0.3) is 0 Å². The maximum atomic E-state index is 12.7. The van der Waals surface area contributed by atoms with Crippen LogP contribution in [0.3, 0.4) is 0 Å². The van der Waals surface area contributed by atoms with E-state index in [1.807, 2.05) is 17.0 Å². The zero-order chi connectivity index (χ0) is 25.4. The fourth-order valence-corrected chi connectivity index (χ4v) is 3.45. The van der Waals surface area contributed by atoms with Crippen LogP contribution in [-0.4, -0.2) is 59.2 Å². The Hall–Kier alpha value is -3.82. The molecule has 35 heavy (non-hydrogen) atoms. The number of hydrogen-bond donors (Lipinski definition) is 4. The molecule has 1 aromatic carbocycles. The van der Waals surface area contributed by atoms with Gasteiger partial charge in [-0.1, -0.05) is 18.2 Å². The fraction of sp³-hybridized carbons (Fsp3) is 0.409. The summed E-state index contributed by atoms with van der Waals surface area (Å²) in [5.41, 5.74) is 16.8. The molecular weight excluding hydrogens is 472 g/mol. The number of benzene rings is 1. The predicted octanol–water partition coefficient (Wildman–Crippen LogP) is -0.428. The van der Waals surface area contributed by atoms with E-state index in [-0.39, 0.29) is 42.5 Å². The molecule has 1 aromatic heterocycles. The topological polar surface area (TPSA) is 189 Å². The van der Waals surface area contributed by atoms with Gasteiger partial charge in [-0.2, -0.15) is 10.3 Å². The number of aromatic nitrogens is 2. The highest BCUT2D eigenvalue weighted by Crippen LogP contribution is 2.19. The van der Waals surface area contributed by atoms with E-state index in [1.165, 1.54) is 13.1 Å². The molecule has 0 saturated carbocycles. The second kappa shape index (κ2) is 13.2. The van der Waals surface area contributed by atoms with Crippen molar-refractivity contribution < 1.29 is 0 Å². The number of nitrogens with two attached hydrogens (primary N) is 3. The van der Waals surface area contributed by atoms with E-state index in [2.05, 4.69) is 11.1 Å². The summed E-state index contributed by atoms with van der Waals surface area (Å²) in [6, 6.07) is 10.8. The molecule has 1 saturated heterocycles. The molecule has 0 unspecified atom stereocenters. The highest BCUT2D eigenvalue weighted by Gasteiger charge is 2.22. The van der Waals surface area contributed by atoms with Crippen molar-refractivity contribution in [2.75, 3.05) is 32.1 Å². The Kier molecular flexibility index (Phi) is 11.0. The molecule has 190 valence electrons. The van der Waals surface area contributed by atoms with E-state index in [0.29, 0.717) is 17.9 Å². The van der Waals surface area contributed by atoms with Gasteiger partial charge < -0.3 is 27.0 Å². The van der Waals surface area contributed by atoms with Crippen LogP contribution in [0.5, 0.6) is 0 Å². The van der Waals surface area contributed by atoms with Crippen molar-refractivity contribution in [3.63, 3.8) is 0 Å². The Morgan fingerprint density at radius 1 is 1.29 bits per heavy atom. The van der Waals surface area contributed by atoms with Gasteiger partial charge in [-0.25, -0.2) is 4.79 Å². The second-order valence-corrected chi connectivity index (χ2v) is 8.14. The van der Waals surface area contributed by atoms with Crippen LogP contribution in [0.4, 0.5) is 5.82 Å². The first-order valence-electron chi connectivity index (χ1n) is 10.7. The lowest BCUT2D eigenvalue weighted by Crippen LogP contribution is -2.47. The van der Waals surface area contributed by atoms with Gasteiger partial charge >= 0.3 is 5.69 Å². The van der Waals surface area contributed by atoms with E-state index < -0.39 is 5.69 Å². The van der Waals surface area contributed by atoms with E-state index in [9.17, 15) is 14.9 Å². The lowest BCUT2D eigenvalue weighted by molar-refractivity contribution is 0.491. The van der Waals surface area contributed by atoms with Gasteiger partial charge in [-0.15, -0.1) is 12.4 Å². The summed E-state index contributed by atoms with van der Waals surface area (Å²) in [5, 5.41) is 16.0. The number of nitrogens with zero attached hydrogens (tertiary/aromatic N) is 6. The number of guanidine groups is 2. The van der Waals surface area contributed by atoms with E-state index in [1.54, 1.807) is 35.7 Å². The normalized spacial score (nSPS) is 15.2. The van der Waals surface area contributed by atoms with Gasteiger partial charge in [0.25, 0.3) is 5.56 Å². The number of anilines is 1. The lowest BCUT2D eigenvalue weighted by Gasteiger charge is -2.34. The SMILES string of the molecule is CN(C)C(N)=NC(=N)N.Cl.Cn1c(=O)cc(N2CCC[C@@H](N)C2)n(Cc2ccccc2C#N)c1=O. The van der Waals surface area contributed by atoms with Gasteiger partial charge in [-0.3, -0.25) is 19.3 Å². The Bertz CT molecular complexity index is 1210. The van der Waals surface area contributed by atoms with Gasteiger partial charge in [0.05, 0.1) is 18.2 Å². The number of hydrogen-bond acceptors (Lipinski definition) is 6. The number of piperidine rings is 1. The lowest BCUT2D eigenvalue weighted by atomic mass is 10.1. The summed E-state index contributed by atoms with van der Waals surface area (Å²) in [6.45, 7) is 1.59. The number of nitrogens with one attached hydrogen (secondary N) is 1. The maximum Gasteiger partial charge on any atom is 0.332 e. The zero-order valence-electron chi connectivity index (χ0n) is 20.1. The summed E-state index contributed by atoms with van der Waals surface area (Å²) < 4.78 is 2.64. The highest BCUT2D eigenvalue weighted by molar-refractivity contribution is 5.91. The van der Waals surface area contributed by atoms with Crippen molar-refractivity contribution in [1.29, 1.82) is 10.7 Å². The Balaban J connectivity index is 0.000000526. The predicted molar refractivity (Wildman–Crippen MR) is 140 cm³/mol. The molecule has 7 N–H and O–H groups in total. The third-order valence-electron chi connectivity index (χ3n) is 5.32. The average molecular weight is 505 g/mol. The van der Waals surface area contributed by atoms with Crippen molar-refractivity contribution in [2.45, 2.75) is 25.4 Å². The third kappa shape index (κ3) is 7.87. The zero-order valence-corrected chi connectivity index (χ0v) is 21.0. The quantitative estimate of drug-likeness (QED) is 0.320. The molecule has 3 rings (SSSR count). The first-order chi connectivity index (χ1) is 16.0. The molecule has 2 heterocycles. The van der Waals surface area contributed by atoms with Gasteiger partial charge in [0.15, 0.2) is 5.96 Å². The summed E-state index contributed by atoms with van der Waals surface area (Å²) in [7, 11) is 4.91. The molecule has 0 radical (unpaired) electrons. The van der Waals surface area contributed by atoms with Crippen molar-refractivity contribution in [3.8, 4) is 6.07 Å². The fourth-order valence-electron chi connectivity index (χ4n) is 3.45. The van der Waals surface area contributed by atoms with Crippen LogP contribution in [0.1, 0.15) is 24.0 Å². The Labute approximate surface area is 210 Å². The molecule has 13 heteroatoms. The molecule has 12 nitrogen and oxygen atoms in total. The Morgan fingerprint density at radius 3 is 2.49 bits per heavy atom. The van der Waals surface area contributed by atoms with E-state index in [0.717, 1.165) is 29.5 Å². The van der Waals surface area contributed by atoms with Crippen LogP contribution >= 0.6 is 12.4 Å². The minimum absolute atomic E-state index is 0. The summed E-state index contributed by atoms with van der Waals surface area (Å²) in [4.78, 5) is 31.9. The van der Waals surface area contributed by atoms with Crippen LogP contribution in [0.2, 0.25) is 0 Å². The standard InChI is InChI=1S/C18H21N5O2.C4H11N5.ClH/c1-21-17(24)9-16(22-8-4-7-15(20)12-22)23(18(21)25)11-14-6-3-2-5-13(14)10-19;1-9(2)4(7)8-3(5)6;/h2-3,5-6,9,15H,4,7-8,11-12,20H2,1H3;1-2H3,(H5,5,6,7,8);1H/t15-;;/m1../s1. The maximum absolute atomic E-state index is 12.7. The van der Waals surface area contributed by atoms with Crippen molar-refractivity contribution in [3.05, 3.63) is 62.3 Å². The minimum Gasteiger partial charge on any atom is -0.369 e. The number of rotatable bonds is 3. The molecule has 0 spiro atoms.